The predicted octanol–water partition coefficient (Wildman–Crippen LogP) is 8.93. The first kappa shape index (κ1) is 36.7. The lowest BCUT2D eigenvalue weighted by Crippen LogP contribution is -2.60. The monoisotopic (exact) mass is 801 g/mol. The summed E-state index contributed by atoms with van der Waals surface area (Å²) in [5.74, 6) is -6.55. The number of alkyl halides is 2. The second-order valence-electron chi connectivity index (χ2n) is 15.1. The minimum Gasteiger partial charge on any atom is -0.507 e. The highest BCUT2D eigenvalue weighted by Crippen LogP contribution is 2.66. The number of azo groups is 1. The standard InChI is InChI=1S/C44H34Cl2FN5O5/c1-50(2)27-15-9-25(10-16-27)48-49-26-11-17-28(18-12-26)51-39(54)34-20-19-33-35(37(34)40(51)55)23-43(45)41(56)52(29-13-7-24(47)8-14-29)42(57)44(43,46)38(33)32-21-22-36(53)31-6-4-3-5-30(31)32/h3-19,21-22,34-35,37-38,53H,20,23H2,1-2H3/t34-,35+,37-,38-,43+,44-/m0/s1. The number of imide groups is 2. The maximum atomic E-state index is 14.8. The number of phenols is 1. The van der Waals surface area contributed by atoms with E-state index in [4.69, 9.17) is 23.2 Å². The summed E-state index contributed by atoms with van der Waals surface area (Å²) < 4.78 is 14.0. The van der Waals surface area contributed by atoms with Crippen LogP contribution in [0.1, 0.15) is 24.3 Å². The Morgan fingerprint density at radius 2 is 1.32 bits per heavy atom. The third-order valence-corrected chi connectivity index (χ3v) is 13.3. The molecular formula is C44H34Cl2FN5O5. The number of fused-ring (bicyclic) bond motifs is 5. The quantitative estimate of drug-likeness (QED) is 0.0792. The van der Waals surface area contributed by atoms with E-state index < -0.39 is 62.9 Å². The second kappa shape index (κ2) is 13.3. The zero-order valence-corrected chi connectivity index (χ0v) is 32.2. The molecule has 0 aromatic heterocycles. The number of nitrogens with zero attached hydrogens (tertiary/aromatic N) is 5. The Kier molecular flexibility index (Phi) is 8.60. The Hall–Kier alpha value is -5.91. The molecule has 0 spiro atoms. The summed E-state index contributed by atoms with van der Waals surface area (Å²) in [5, 5.41) is 20.6. The van der Waals surface area contributed by atoms with E-state index in [-0.39, 0.29) is 24.3 Å². The Bertz CT molecular complexity index is 2580. The maximum absolute atomic E-state index is 14.8. The van der Waals surface area contributed by atoms with E-state index in [1.165, 1.54) is 23.1 Å². The van der Waals surface area contributed by atoms with Crippen molar-refractivity contribution in [2.24, 2.45) is 28.0 Å². The van der Waals surface area contributed by atoms with E-state index in [0.29, 0.717) is 39.0 Å². The number of allylic oxidation sites excluding steroid dienone is 2. The fourth-order valence-electron chi connectivity index (χ4n) is 9.16. The molecule has 2 aliphatic carbocycles. The number of amides is 4. The summed E-state index contributed by atoms with van der Waals surface area (Å²) in [4.78, 5) is 58.1. The van der Waals surface area contributed by atoms with Gasteiger partial charge in [-0.05, 0) is 109 Å². The topological polar surface area (TPSA) is 123 Å². The van der Waals surface area contributed by atoms with Crippen LogP contribution in [0.2, 0.25) is 0 Å². The van der Waals surface area contributed by atoms with E-state index in [0.717, 1.165) is 22.7 Å². The summed E-state index contributed by atoms with van der Waals surface area (Å²) in [7, 11) is 3.90. The number of rotatable bonds is 6. The van der Waals surface area contributed by atoms with Gasteiger partial charge < -0.3 is 10.0 Å². The van der Waals surface area contributed by atoms with Crippen LogP contribution in [-0.2, 0) is 19.2 Å². The highest BCUT2D eigenvalue weighted by Gasteiger charge is 2.76. The highest BCUT2D eigenvalue weighted by atomic mass is 35.5. The average molecular weight is 803 g/mol. The molecule has 9 rings (SSSR count). The fourth-order valence-corrected chi connectivity index (χ4v) is 10.1. The van der Waals surface area contributed by atoms with Gasteiger partial charge in [-0.3, -0.25) is 24.1 Å². The SMILES string of the molecule is CN(C)c1ccc(N=Nc2ccc(N3C(=O)[C@H]4[C@H](CC=C5[C@H]4C[C@@]4(Cl)C(=O)N(c6ccc(F)cc6)C(=O)[C@@]4(Cl)[C@H]5c4ccc(O)c5ccccc45)C3=O)cc2)cc1. The van der Waals surface area contributed by atoms with Gasteiger partial charge in [0.15, 0.2) is 9.75 Å². The molecule has 5 aromatic carbocycles. The van der Waals surface area contributed by atoms with Gasteiger partial charge in [-0.2, -0.15) is 10.2 Å². The normalized spacial score (nSPS) is 26.9. The second-order valence-corrected chi connectivity index (χ2v) is 16.4. The van der Waals surface area contributed by atoms with Crippen LogP contribution < -0.4 is 14.7 Å². The lowest BCUT2D eigenvalue weighted by atomic mass is 9.56. The van der Waals surface area contributed by atoms with Gasteiger partial charge >= 0.3 is 0 Å². The predicted molar refractivity (Wildman–Crippen MR) is 216 cm³/mol. The average Bonchev–Trinajstić information content (AvgIpc) is 3.55. The lowest BCUT2D eigenvalue weighted by molar-refractivity contribution is -0.125. The molecule has 4 amide bonds. The fraction of sp³-hybridized carbons (Fsp3) is 0.227. The van der Waals surface area contributed by atoms with Crippen molar-refractivity contribution in [3.05, 3.63) is 132 Å². The van der Waals surface area contributed by atoms with E-state index in [1.54, 1.807) is 54.6 Å². The summed E-state index contributed by atoms with van der Waals surface area (Å²) >= 11 is 15.1. The van der Waals surface area contributed by atoms with Crippen molar-refractivity contribution in [2.75, 3.05) is 28.8 Å². The first-order chi connectivity index (χ1) is 27.3. The zero-order valence-electron chi connectivity index (χ0n) is 30.6. The van der Waals surface area contributed by atoms with Crippen LogP contribution in [0.4, 0.5) is 32.8 Å². The number of hydrogen-bond donors (Lipinski definition) is 1. The van der Waals surface area contributed by atoms with Crippen molar-refractivity contribution in [2.45, 2.75) is 28.5 Å². The van der Waals surface area contributed by atoms with Crippen molar-refractivity contribution >= 4 is 86.0 Å². The van der Waals surface area contributed by atoms with Crippen molar-refractivity contribution in [1.29, 1.82) is 0 Å². The number of carbonyl (C=O) groups excluding carboxylic acids is 4. The molecule has 57 heavy (non-hydrogen) atoms. The molecule has 2 aliphatic heterocycles. The largest absolute Gasteiger partial charge is 0.507 e. The number of anilines is 3. The van der Waals surface area contributed by atoms with Crippen LogP contribution in [0.25, 0.3) is 10.8 Å². The third kappa shape index (κ3) is 5.43. The minimum atomic E-state index is -2.11. The van der Waals surface area contributed by atoms with Gasteiger partial charge in [0.05, 0.1) is 34.6 Å². The number of halogens is 3. The molecule has 10 nitrogen and oxygen atoms in total. The number of benzene rings is 5. The number of phenolic OH excluding ortho intramolecular Hbond substituents is 1. The van der Waals surface area contributed by atoms with Crippen LogP contribution in [0.15, 0.2) is 131 Å². The van der Waals surface area contributed by atoms with Gasteiger partial charge in [-0.1, -0.05) is 42.0 Å². The Morgan fingerprint density at radius 3 is 1.96 bits per heavy atom. The molecule has 4 aliphatic rings. The first-order valence-electron chi connectivity index (χ1n) is 18.4. The van der Waals surface area contributed by atoms with Crippen molar-refractivity contribution < 1.29 is 28.7 Å². The molecule has 13 heteroatoms. The van der Waals surface area contributed by atoms with E-state index >= 15 is 0 Å². The van der Waals surface area contributed by atoms with Crippen LogP contribution in [0.3, 0.4) is 0 Å². The van der Waals surface area contributed by atoms with Crippen LogP contribution in [0, 0.1) is 23.6 Å². The summed E-state index contributed by atoms with van der Waals surface area (Å²) in [5.41, 5.74) is 3.78. The van der Waals surface area contributed by atoms with E-state index in [1.807, 2.05) is 49.3 Å². The van der Waals surface area contributed by atoms with E-state index in [2.05, 4.69) is 10.2 Å². The number of aromatic hydroxyl groups is 1. The van der Waals surface area contributed by atoms with E-state index in [9.17, 15) is 28.7 Å². The molecule has 1 N–H and O–H groups in total. The van der Waals surface area contributed by atoms with Crippen LogP contribution in [0.5, 0.6) is 5.75 Å². The van der Waals surface area contributed by atoms with Gasteiger partial charge in [-0.15, -0.1) is 23.2 Å². The Morgan fingerprint density at radius 1 is 0.719 bits per heavy atom. The Balaban J connectivity index is 1.10. The van der Waals surface area contributed by atoms with Crippen LogP contribution >= 0.6 is 23.2 Å². The van der Waals surface area contributed by atoms with Gasteiger partial charge in [0.2, 0.25) is 11.8 Å². The molecule has 2 heterocycles. The molecule has 1 saturated carbocycles. The minimum absolute atomic E-state index is 0.000261. The third-order valence-electron chi connectivity index (χ3n) is 11.9. The number of carbonyl (C=O) groups is 4. The number of hydrogen-bond acceptors (Lipinski definition) is 8. The summed E-state index contributed by atoms with van der Waals surface area (Å²) in [6.07, 6.45) is 1.82. The molecule has 6 atom stereocenters. The van der Waals surface area contributed by atoms with Gasteiger partial charge in [-0.25, -0.2) is 9.29 Å². The van der Waals surface area contributed by atoms with Gasteiger partial charge in [0.25, 0.3) is 11.8 Å². The molecule has 286 valence electrons. The highest BCUT2D eigenvalue weighted by molar-refractivity contribution is 6.58. The lowest BCUT2D eigenvalue weighted by Gasteiger charge is -2.51. The zero-order chi connectivity index (χ0) is 40.0. The van der Waals surface area contributed by atoms with Gasteiger partial charge in [0.1, 0.15) is 11.6 Å². The van der Waals surface area contributed by atoms with Crippen molar-refractivity contribution in [3.63, 3.8) is 0 Å². The molecule has 0 bridgehead atoms. The molecule has 5 aromatic rings. The molecular weight excluding hydrogens is 768 g/mol. The van der Waals surface area contributed by atoms with Gasteiger partial charge in [0, 0.05) is 31.1 Å². The molecule has 0 radical (unpaired) electrons. The Labute approximate surface area is 336 Å². The molecule has 0 unspecified atom stereocenters. The summed E-state index contributed by atoms with van der Waals surface area (Å²) in [6.45, 7) is 0. The van der Waals surface area contributed by atoms with Crippen molar-refractivity contribution in [3.8, 4) is 5.75 Å². The maximum Gasteiger partial charge on any atom is 0.258 e. The molecule has 2 saturated heterocycles. The van der Waals surface area contributed by atoms with Crippen LogP contribution in [-0.4, -0.2) is 52.6 Å². The first-order valence-corrected chi connectivity index (χ1v) is 19.2. The molecule has 3 fully saturated rings. The van der Waals surface area contributed by atoms with Crippen molar-refractivity contribution in [1.82, 2.24) is 0 Å². The summed E-state index contributed by atoms with van der Waals surface area (Å²) in [6, 6.07) is 29.3. The smallest absolute Gasteiger partial charge is 0.258 e.